The lowest BCUT2D eigenvalue weighted by atomic mass is 10.2. The van der Waals surface area contributed by atoms with Gasteiger partial charge in [0.15, 0.2) is 0 Å². The van der Waals surface area contributed by atoms with Crippen LogP contribution in [-0.4, -0.2) is 75.3 Å². The highest BCUT2D eigenvalue weighted by Gasteiger charge is 2.24. The molecule has 2 N–H and O–H groups in total. The molecule has 2 atom stereocenters. The molecule has 0 rings (SSSR count). The first kappa shape index (κ1) is 18.7. The lowest BCUT2D eigenvalue weighted by Crippen LogP contribution is -2.50. The molecule has 20 heavy (non-hydrogen) atoms. The summed E-state index contributed by atoms with van der Waals surface area (Å²) in [6.45, 7) is 2.06. The van der Waals surface area contributed by atoms with E-state index >= 15 is 0 Å². The number of aliphatic carboxylic acids is 1. The topological polar surface area (TPSA) is 113 Å². The maximum atomic E-state index is 11.8. The molecule has 0 saturated heterocycles. The Labute approximate surface area is 119 Å². The summed E-state index contributed by atoms with van der Waals surface area (Å²) in [5.74, 6) is -1.57. The molecule has 0 heterocycles. The van der Waals surface area contributed by atoms with Gasteiger partial charge in [0.1, 0.15) is 15.9 Å². The van der Waals surface area contributed by atoms with Crippen LogP contribution in [0.3, 0.4) is 0 Å². The van der Waals surface area contributed by atoms with Gasteiger partial charge in [-0.2, -0.15) is 0 Å². The zero-order valence-corrected chi connectivity index (χ0v) is 12.9. The molecule has 0 aromatic heterocycles. The number of hydrogen-bond acceptors (Lipinski definition) is 5. The molecule has 2 unspecified atom stereocenters. The summed E-state index contributed by atoms with van der Waals surface area (Å²) in [6, 6.07) is -2.06. The minimum absolute atomic E-state index is 0.174. The first-order chi connectivity index (χ1) is 9.08. The molecule has 0 radical (unpaired) electrons. The minimum Gasteiger partial charge on any atom is -0.480 e. The molecule has 118 valence electrons. The largest absolute Gasteiger partial charge is 0.480 e. The zero-order chi connectivity index (χ0) is 15.9. The Balaban J connectivity index is 4.59. The second kappa shape index (κ2) is 8.05. The highest BCUT2D eigenvalue weighted by Crippen LogP contribution is 2.01. The third-order valence-corrected chi connectivity index (χ3v) is 3.74. The summed E-state index contributed by atoms with van der Waals surface area (Å²) >= 11 is 0. The number of hydrogen-bond donors (Lipinski definition) is 2. The van der Waals surface area contributed by atoms with Crippen LogP contribution in [0.2, 0.25) is 0 Å². The molecular weight excluding hydrogens is 288 g/mol. The van der Waals surface area contributed by atoms with Crippen LogP contribution in [0.1, 0.15) is 13.3 Å². The van der Waals surface area contributed by atoms with Gasteiger partial charge in [-0.1, -0.05) is 0 Å². The van der Waals surface area contributed by atoms with Crippen LogP contribution in [0.15, 0.2) is 0 Å². The Kier molecular flexibility index (Phi) is 7.51. The number of carbonyl (C=O) groups is 2. The van der Waals surface area contributed by atoms with Gasteiger partial charge >= 0.3 is 12.0 Å². The predicted octanol–water partition coefficient (Wildman–Crippen LogP) is -0.449. The van der Waals surface area contributed by atoms with Crippen molar-refractivity contribution in [1.82, 2.24) is 10.2 Å². The van der Waals surface area contributed by atoms with Crippen LogP contribution in [0, 0.1) is 0 Å². The number of nitrogens with one attached hydrogen (secondary N) is 1. The quantitative estimate of drug-likeness (QED) is 0.628. The monoisotopic (exact) mass is 310 g/mol. The number of rotatable bonds is 8. The molecular formula is C11H22N2O6S. The van der Waals surface area contributed by atoms with E-state index in [4.69, 9.17) is 9.84 Å². The highest BCUT2D eigenvalue weighted by atomic mass is 32.2. The number of methoxy groups -OCH3 is 1. The lowest BCUT2D eigenvalue weighted by molar-refractivity contribution is -0.139. The fraction of sp³-hybridized carbons (Fsp3) is 0.818. The molecule has 0 saturated carbocycles. The first-order valence-corrected chi connectivity index (χ1v) is 8.07. The van der Waals surface area contributed by atoms with E-state index in [-0.39, 0.29) is 18.2 Å². The van der Waals surface area contributed by atoms with Gasteiger partial charge < -0.3 is 20.1 Å². The van der Waals surface area contributed by atoms with E-state index in [0.29, 0.717) is 6.61 Å². The van der Waals surface area contributed by atoms with Crippen molar-refractivity contribution < 1.29 is 27.9 Å². The summed E-state index contributed by atoms with van der Waals surface area (Å²) in [6.07, 6.45) is 0.840. The number of nitrogens with zero attached hydrogens (tertiary/aromatic N) is 1. The van der Waals surface area contributed by atoms with Gasteiger partial charge in [-0.15, -0.1) is 0 Å². The van der Waals surface area contributed by atoms with E-state index in [0.717, 1.165) is 6.26 Å². The summed E-state index contributed by atoms with van der Waals surface area (Å²) in [5, 5.41) is 11.3. The minimum atomic E-state index is -3.28. The molecule has 0 aliphatic heterocycles. The standard InChI is InChI=1S/C11H22N2O6S/c1-8(7-19-3)13(2)11(16)12-9(10(14)15)5-6-20(4,17)18/h8-9H,5-7H2,1-4H3,(H,12,16)(H,14,15). The van der Waals surface area contributed by atoms with Crippen LogP contribution < -0.4 is 5.32 Å². The molecule has 2 amide bonds. The molecule has 0 aromatic rings. The molecule has 0 aliphatic rings. The van der Waals surface area contributed by atoms with Crippen LogP contribution in [0.4, 0.5) is 4.79 Å². The van der Waals surface area contributed by atoms with Gasteiger partial charge in [-0.3, -0.25) is 0 Å². The van der Waals surface area contributed by atoms with E-state index in [1.165, 1.54) is 19.1 Å². The van der Waals surface area contributed by atoms with Gasteiger partial charge in [0.05, 0.1) is 18.4 Å². The number of carboxylic acids is 1. The molecule has 0 bridgehead atoms. The van der Waals surface area contributed by atoms with Gasteiger partial charge in [0.25, 0.3) is 0 Å². The molecule has 0 spiro atoms. The highest BCUT2D eigenvalue weighted by molar-refractivity contribution is 7.90. The summed E-state index contributed by atoms with van der Waals surface area (Å²) in [4.78, 5) is 24.2. The number of carboxylic acid groups (broad SMARTS) is 1. The van der Waals surface area contributed by atoms with Crippen molar-refractivity contribution in [3.05, 3.63) is 0 Å². The van der Waals surface area contributed by atoms with Crippen molar-refractivity contribution in [2.45, 2.75) is 25.4 Å². The fourth-order valence-corrected chi connectivity index (χ4v) is 2.06. The van der Waals surface area contributed by atoms with Crippen molar-refractivity contribution in [2.24, 2.45) is 0 Å². The Morgan fingerprint density at radius 3 is 2.35 bits per heavy atom. The Morgan fingerprint density at radius 1 is 1.40 bits per heavy atom. The van der Waals surface area contributed by atoms with Gasteiger partial charge in [-0.05, 0) is 13.3 Å². The number of ether oxygens (including phenoxy) is 1. The molecule has 0 aliphatic carbocycles. The Morgan fingerprint density at radius 2 is 1.95 bits per heavy atom. The zero-order valence-electron chi connectivity index (χ0n) is 12.1. The van der Waals surface area contributed by atoms with Gasteiger partial charge in [0.2, 0.25) is 0 Å². The number of urea groups is 1. The Bertz CT molecular complexity index is 436. The average Bonchev–Trinajstić information content (AvgIpc) is 2.31. The molecule has 9 heteroatoms. The number of carbonyl (C=O) groups excluding carboxylic acids is 1. The van der Waals surface area contributed by atoms with Crippen LogP contribution in [-0.2, 0) is 19.4 Å². The maximum Gasteiger partial charge on any atom is 0.326 e. The summed E-state index contributed by atoms with van der Waals surface area (Å²) < 4.78 is 27.0. The Hall–Kier alpha value is -1.35. The third-order valence-electron chi connectivity index (χ3n) is 2.76. The van der Waals surface area contributed by atoms with Crippen LogP contribution >= 0.6 is 0 Å². The smallest absolute Gasteiger partial charge is 0.326 e. The average molecular weight is 310 g/mol. The predicted molar refractivity (Wildman–Crippen MR) is 73.4 cm³/mol. The van der Waals surface area contributed by atoms with Crippen molar-refractivity contribution in [2.75, 3.05) is 32.8 Å². The summed E-state index contributed by atoms with van der Waals surface area (Å²) in [5.41, 5.74) is 0. The van der Waals surface area contributed by atoms with E-state index in [1.807, 2.05) is 0 Å². The first-order valence-electron chi connectivity index (χ1n) is 6.01. The van der Waals surface area contributed by atoms with Crippen LogP contribution in [0.5, 0.6) is 0 Å². The maximum absolute atomic E-state index is 11.8. The van der Waals surface area contributed by atoms with Crippen LogP contribution in [0.25, 0.3) is 0 Å². The van der Waals surface area contributed by atoms with E-state index in [9.17, 15) is 18.0 Å². The second-order valence-corrected chi connectivity index (χ2v) is 6.93. The van der Waals surface area contributed by atoms with E-state index in [1.54, 1.807) is 6.92 Å². The summed E-state index contributed by atoms with van der Waals surface area (Å²) in [7, 11) is -0.279. The number of likely N-dealkylation sites (N-methyl/N-ethyl adjacent to an activating group) is 1. The molecule has 8 nitrogen and oxygen atoms in total. The van der Waals surface area contributed by atoms with Crippen molar-refractivity contribution in [3.63, 3.8) is 0 Å². The SMILES string of the molecule is COCC(C)N(C)C(=O)NC(CCS(C)(=O)=O)C(=O)O. The van der Waals surface area contributed by atoms with Crippen molar-refractivity contribution in [1.29, 1.82) is 0 Å². The van der Waals surface area contributed by atoms with E-state index in [2.05, 4.69) is 5.32 Å². The van der Waals surface area contributed by atoms with E-state index < -0.39 is 27.9 Å². The molecule has 0 fully saturated rings. The van der Waals surface area contributed by atoms with Crippen molar-refractivity contribution in [3.8, 4) is 0 Å². The van der Waals surface area contributed by atoms with Gasteiger partial charge in [0, 0.05) is 20.4 Å². The third kappa shape index (κ3) is 7.29. The lowest BCUT2D eigenvalue weighted by Gasteiger charge is -2.26. The number of sulfone groups is 1. The van der Waals surface area contributed by atoms with Crippen molar-refractivity contribution >= 4 is 21.8 Å². The normalized spacial score (nSPS) is 14.4. The second-order valence-electron chi connectivity index (χ2n) is 4.67. The van der Waals surface area contributed by atoms with Gasteiger partial charge in [-0.25, -0.2) is 18.0 Å². The number of amides is 2. The fourth-order valence-electron chi connectivity index (χ4n) is 1.39. The molecule has 0 aromatic carbocycles.